The summed E-state index contributed by atoms with van der Waals surface area (Å²) in [6, 6.07) is 7.65. The first-order chi connectivity index (χ1) is 10.0. The minimum atomic E-state index is -0.349. The number of H-pyrrole nitrogens is 1. The van der Waals surface area contributed by atoms with E-state index in [0.29, 0.717) is 11.6 Å². The molecule has 0 fully saturated rings. The van der Waals surface area contributed by atoms with E-state index in [0.717, 1.165) is 27.9 Å². The number of nitrogens with zero attached hydrogens (tertiary/aromatic N) is 2. The quantitative estimate of drug-likeness (QED) is 0.578. The minimum absolute atomic E-state index is 0.349. The highest BCUT2D eigenvalue weighted by atomic mass is 16.5. The summed E-state index contributed by atoms with van der Waals surface area (Å²) in [4.78, 5) is 23.3. The van der Waals surface area contributed by atoms with Gasteiger partial charge in [-0.05, 0) is 37.6 Å². The predicted octanol–water partition coefficient (Wildman–Crippen LogP) is 3.17. The molecule has 2 heterocycles. The maximum atomic E-state index is 11.3. The van der Waals surface area contributed by atoms with Crippen LogP contribution >= 0.6 is 0 Å². The van der Waals surface area contributed by atoms with E-state index in [4.69, 9.17) is 4.74 Å². The first-order valence-electron chi connectivity index (χ1n) is 6.66. The lowest BCUT2D eigenvalue weighted by Crippen LogP contribution is -2.04. The molecule has 0 saturated heterocycles. The number of benzene rings is 1. The second-order valence-corrected chi connectivity index (χ2v) is 4.95. The first kappa shape index (κ1) is 13.3. The molecular formula is C16H15N3O2. The van der Waals surface area contributed by atoms with E-state index in [9.17, 15) is 4.79 Å². The summed E-state index contributed by atoms with van der Waals surface area (Å²) in [5, 5.41) is 0.901. The summed E-state index contributed by atoms with van der Waals surface area (Å²) in [7, 11) is 0. The lowest BCUT2D eigenvalue weighted by molar-refractivity contribution is -0.131. The second-order valence-electron chi connectivity index (χ2n) is 4.95. The van der Waals surface area contributed by atoms with Crippen LogP contribution in [0.5, 0.6) is 5.75 Å². The van der Waals surface area contributed by atoms with Gasteiger partial charge < -0.3 is 9.72 Å². The number of hydrogen-bond donors (Lipinski definition) is 1. The third-order valence-electron chi connectivity index (χ3n) is 3.17. The molecule has 5 nitrogen and oxygen atoms in total. The van der Waals surface area contributed by atoms with Gasteiger partial charge in [-0.15, -0.1) is 0 Å². The van der Waals surface area contributed by atoms with Gasteiger partial charge in [-0.25, -0.2) is 9.97 Å². The lowest BCUT2D eigenvalue weighted by atomic mass is 10.1. The number of nitrogens with one attached hydrogen (secondary N) is 1. The number of aryl methyl sites for hydroxylation is 2. The van der Waals surface area contributed by atoms with Gasteiger partial charge in [0.1, 0.15) is 17.2 Å². The van der Waals surface area contributed by atoms with Gasteiger partial charge in [0.25, 0.3) is 0 Å². The molecule has 0 aliphatic carbocycles. The molecule has 0 spiro atoms. The molecule has 1 N–H and O–H groups in total. The maximum Gasteiger partial charge on any atom is 0.308 e. The third-order valence-corrected chi connectivity index (χ3v) is 3.17. The first-order valence-corrected chi connectivity index (χ1v) is 6.66. The van der Waals surface area contributed by atoms with Crippen molar-refractivity contribution in [3.63, 3.8) is 0 Å². The highest BCUT2D eigenvalue weighted by molar-refractivity contribution is 5.93. The summed E-state index contributed by atoms with van der Waals surface area (Å²) in [6.45, 7) is 5.18. The van der Waals surface area contributed by atoms with E-state index in [2.05, 4.69) is 15.0 Å². The van der Waals surface area contributed by atoms with Crippen molar-refractivity contribution >= 4 is 17.0 Å². The van der Waals surface area contributed by atoms with E-state index in [-0.39, 0.29) is 5.97 Å². The maximum absolute atomic E-state index is 11.3. The summed E-state index contributed by atoms with van der Waals surface area (Å²) in [5.41, 5.74) is 3.33. The van der Waals surface area contributed by atoms with Crippen molar-refractivity contribution in [1.29, 1.82) is 0 Å². The van der Waals surface area contributed by atoms with E-state index in [1.165, 1.54) is 6.92 Å². The van der Waals surface area contributed by atoms with Crippen LogP contribution in [0, 0.1) is 13.8 Å². The fraction of sp³-hybridized carbons (Fsp3) is 0.188. The van der Waals surface area contributed by atoms with Crippen molar-refractivity contribution in [3.05, 3.63) is 41.9 Å². The predicted molar refractivity (Wildman–Crippen MR) is 80.1 cm³/mol. The van der Waals surface area contributed by atoms with E-state index in [1.807, 2.05) is 44.3 Å². The van der Waals surface area contributed by atoms with Crippen LogP contribution in [0.1, 0.15) is 18.3 Å². The van der Waals surface area contributed by atoms with Crippen LogP contribution in [0.4, 0.5) is 0 Å². The number of aromatic amines is 1. The Balaban J connectivity index is 2.27. The van der Waals surface area contributed by atoms with Gasteiger partial charge >= 0.3 is 5.97 Å². The van der Waals surface area contributed by atoms with Crippen LogP contribution in [0.2, 0.25) is 0 Å². The number of hydrogen-bond acceptors (Lipinski definition) is 4. The Morgan fingerprint density at radius 2 is 2.00 bits per heavy atom. The molecule has 3 aromatic rings. The molecule has 0 radical (unpaired) electrons. The van der Waals surface area contributed by atoms with E-state index >= 15 is 0 Å². The third kappa shape index (κ3) is 2.50. The van der Waals surface area contributed by atoms with Gasteiger partial charge in [0, 0.05) is 24.1 Å². The number of ether oxygens (including phenoxy) is 1. The summed E-state index contributed by atoms with van der Waals surface area (Å²) >= 11 is 0. The van der Waals surface area contributed by atoms with Gasteiger partial charge in [0.2, 0.25) is 0 Å². The molecular weight excluding hydrogens is 266 g/mol. The molecule has 21 heavy (non-hydrogen) atoms. The van der Waals surface area contributed by atoms with Gasteiger partial charge in [-0.2, -0.15) is 0 Å². The molecule has 3 rings (SSSR count). The molecule has 0 bridgehead atoms. The zero-order valence-corrected chi connectivity index (χ0v) is 12.1. The Morgan fingerprint density at radius 1 is 1.19 bits per heavy atom. The smallest absolute Gasteiger partial charge is 0.308 e. The number of fused-ring (bicyclic) bond motifs is 1. The van der Waals surface area contributed by atoms with Gasteiger partial charge in [-0.1, -0.05) is 6.07 Å². The molecule has 0 saturated carbocycles. The zero-order chi connectivity index (χ0) is 15.0. The molecule has 1 aromatic carbocycles. The molecule has 5 heteroatoms. The van der Waals surface area contributed by atoms with Crippen LogP contribution in [-0.2, 0) is 4.79 Å². The SMILES string of the molecule is CC(=O)Oc1cc(C)ccc1-c1nc(C)nc2[nH]ccc12. The molecule has 0 amide bonds. The van der Waals surface area contributed by atoms with E-state index < -0.39 is 0 Å². The highest BCUT2D eigenvalue weighted by Gasteiger charge is 2.15. The average Bonchev–Trinajstić information content (AvgIpc) is 2.85. The van der Waals surface area contributed by atoms with Crippen LogP contribution in [0.15, 0.2) is 30.5 Å². The van der Waals surface area contributed by atoms with E-state index in [1.54, 1.807) is 0 Å². The van der Waals surface area contributed by atoms with Crippen LogP contribution in [-0.4, -0.2) is 20.9 Å². The average molecular weight is 281 g/mol. The molecule has 2 aromatic heterocycles. The molecule has 0 unspecified atom stereocenters. The Bertz CT molecular complexity index is 837. The fourth-order valence-electron chi connectivity index (χ4n) is 2.32. The second kappa shape index (κ2) is 5.01. The van der Waals surface area contributed by atoms with Gasteiger partial charge in [-0.3, -0.25) is 4.79 Å². The summed E-state index contributed by atoms with van der Waals surface area (Å²) in [6.07, 6.45) is 1.82. The van der Waals surface area contributed by atoms with Crippen LogP contribution in [0.25, 0.3) is 22.3 Å². The molecule has 0 aliphatic heterocycles. The van der Waals surface area contributed by atoms with Crippen molar-refractivity contribution in [2.45, 2.75) is 20.8 Å². The largest absolute Gasteiger partial charge is 0.426 e. The number of carbonyl (C=O) groups is 1. The Morgan fingerprint density at radius 3 is 2.76 bits per heavy atom. The van der Waals surface area contributed by atoms with Crippen LogP contribution < -0.4 is 4.74 Å². The number of esters is 1. The zero-order valence-electron chi connectivity index (χ0n) is 12.1. The standard InChI is InChI=1S/C16H15N3O2/c1-9-4-5-12(14(8-9)21-11(3)20)15-13-6-7-17-16(13)19-10(2)18-15/h4-8H,1-3H3,(H,17,18,19). The Labute approximate surface area is 122 Å². The number of aromatic nitrogens is 3. The van der Waals surface area contributed by atoms with Crippen LogP contribution in [0.3, 0.4) is 0 Å². The Kier molecular flexibility index (Phi) is 3.17. The van der Waals surface area contributed by atoms with Crippen molar-refractivity contribution in [1.82, 2.24) is 15.0 Å². The number of carbonyl (C=O) groups excluding carboxylic acids is 1. The normalized spacial score (nSPS) is 10.8. The Hall–Kier alpha value is -2.69. The summed E-state index contributed by atoms with van der Waals surface area (Å²) < 4.78 is 5.34. The molecule has 106 valence electrons. The topological polar surface area (TPSA) is 67.9 Å². The van der Waals surface area contributed by atoms with Crippen molar-refractivity contribution in [2.24, 2.45) is 0 Å². The monoisotopic (exact) mass is 281 g/mol. The molecule has 0 aliphatic rings. The lowest BCUT2D eigenvalue weighted by Gasteiger charge is -2.11. The summed E-state index contributed by atoms with van der Waals surface area (Å²) in [5.74, 6) is 0.829. The number of rotatable bonds is 2. The molecule has 0 atom stereocenters. The fourth-order valence-corrected chi connectivity index (χ4v) is 2.32. The highest BCUT2D eigenvalue weighted by Crippen LogP contribution is 2.33. The van der Waals surface area contributed by atoms with Crippen molar-refractivity contribution < 1.29 is 9.53 Å². The van der Waals surface area contributed by atoms with Gasteiger partial charge in [0.05, 0.1) is 5.69 Å². The van der Waals surface area contributed by atoms with Gasteiger partial charge in [0.15, 0.2) is 0 Å². The minimum Gasteiger partial charge on any atom is -0.426 e. The van der Waals surface area contributed by atoms with Crippen molar-refractivity contribution in [2.75, 3.05) is 0 Å². The van der Waals surface area contributed by atoms with Crippen molar-refractivity contribution in [3.8, 4) is 17.0 Å².